The number of carbonyl (C=O) groups is 2. The van der Waals surface area contributed by atoms with E-state index in [-0.39, 0.29) is 40.5 Å². The highest BCUT2D eigenvalue weighted by Crippen LogP contribution is 2.46. The fraction of sp³-hybridized carbons (Fsp3) is 0.444. The molecule has 3 heterocycles. The number of hydrogen-bond acceptors (Lipinski definition) is 7. The maximum atomic E-state index is 13.7. The Hall–Kier alpha value is -2.90. The highest BCUT2D eigenvalue weighted by Gasteiger charge is 2.44. The van der Waals surface area contributed by atoms with Crippen molar-refractivity contribution < 1.29 is 23.5 Å². The molecule has 2 aliphatic heterocycles. The molecule has 1 saturated heterocycles. The van der Waals surface area contributed by atoms with E-state index in [0.717, 1.165) is 18.5 Å². The number of nitrogens with one attached hydrogen (secondary N) is 1. The zero-order valence-corrected chi connectivity index (χ0v) is 20.8. The van der Waals surface area contributed by atoms with Crippen molar-refractivity contribution in [3.05, 3.63) is 67.8 Å². The molecule has 0 bridgehead atoms. The van der Waals surface area contributed by atoms with Crippen LogP contribution in [0.4, 0.5) is 0 Å². The van der Waals surface area contributed by atoms with Gasteiger partial charge in [0.2, 0.25) is 0 Å². The van der Waals surface area contributed by atoms with Crippen molar-refractivity contribution in [1.29, 1.82) is 0 Å². The summed E-state index contributed by atoms with van der Waals surface area (Å²) >= 11 is 6.15. The Labute approximate surface area is 208 Å². The lowest BCUT2D eigenvalue weighted by Gasteiger charge is -2.39. The van der Waals surface area contributed by atoms with Crippen LogP contribution in [0.15, 0.2) is 56.2 Å². The minimum absolute atomic E-state index is 0.101. The number of allylic oxidation sites excluding steroid dienone is 3. The molecular weight excluding hydrogens is 470 g/mol. The number of dihydropyridines is 1. The van der Waals surface area contributed by atoms with Crippen molar-refractivity contribution >= 4 is 34.3 Å². The summed E-state index contributed by atoms with van der Waals surface area (Å²) in [7, 11) is 0. The van der Waals surface area contributed by atoms with Gasteiger partial charge in [0.25, 0.3) is 0 Å². The fourth-order valence-electron chi connectivity index (χ4n) is 5.36. The van der Waals surface area contributed by atoms with Crippen LogP contribution in [0.3, 0.4) is 0 Å². The van der Waals surface area contributed by atoms with Gasteiger partial charge in [-0.3, -0.25) is 9.59 Å². The number of ketones is 1. The van der Waals surface area contributed by atoms with Crippen LogP contribution in [0.25, 0.3) is 11.0 Å². The summed E-state index contributed by atoms with van der Waals surface area (Å²) < 4.78 is 17.0. The summed E-state index contributed by atoms with van der Waals surface area (Å²) in [4.78, 5) is 40.5. The van der Waals surface area contributed by atoms with Crippen molar-refractivity contribution in [3.63, 3.8) is 0 Å². The molecule has 5 rings (SSSR count). The first-order chi connectivity index (χ1) is 16.6. The molecule has 1 N–H and O–H groups in total. The van der Waals surface area contributed by atoms with E-state index in [0.29, 0.717) is 46.7 Å². The lowest BCUT2D eigenvalue weighted by molar-refractivity contribution is -0.142. The summed E-state index contributed by atoms with van der Waals surface area (Å²) in [5, 5.41) is 3.97. The van der Waals surface area contributed by atoms with Gasteiger partial charge in [-0.25, -0.2) is 4.79 Å². The summed E-state index contributed by atoms with van der Waals surface area (Å²) in [5.41, 5.74) is 1.97. The number of esters is 1. The highest BCUT2D eigenvalue weighted by atomic mass is 35.5. The van der Waals surface area contributed by atoms with Gasteiger partial charge in [-0.05, 0) is 49.8 Å². The Bertz CT molecular complexity index is 1350. The number of Topliss-reactive ketones (excluding diaryl/α,β-unsaturated/α-hetero) is 1. The largest absolute Gasteiger partial charge is 0.464 e. The number of halogens is 1. The summed E-state index contributed by atoms with van der Waals surface area (Å²) in [6.07, 6.45) is 3.89. The van der Waals surface area contributed by atoms with Crippen LogP contribution >= 0.6 is 11.6 Å². The molecular formula is C27H28ClNO6. The SMILES string of the molecule is CC1=C(C(=O)OC[C@@H]2CCCO2)[C@@H](c2coc3ccc(Cl)cc3c2=O)C2=C(CC(C)(C)CC2=O)N1. The molecule has 35 heavy (non-hydrogen) atoms. The van der Waals surface area contributed by atoms with Crippen molar-refractivity contribution in [2.24, 2.45) is 5.41 Å². The van der Waals surface area contributed by atoms with Crippen LogP contribution in [0.1, 0.15) is 57.9 Å². The van der Waals surface area contributed by atoms with Crippen molar-refractivity contribution in [2.45, 2.75) is 58.5 Å². The molecule has 0 saturated carbocycles. The molecule has 0 amide bonds. The van der Waals surface area contributed by atoms with E-state index in [9.17, 15) is 14.4 Å². The summed E-state index contributed by atoms with van der Waals surface area (Å²) in [6, 6.07) is 4.81. The average Bonchev–Trinajstić information content (AvgIpc) is 3.30. The van der Waals surface area contributed by atoms with Gasteiger partial charge in [-0.15, -0.1) is 0 Å². The molecule has 8 heteroatoms. The van der Waals surface area contributed by atoms with Gasteiger partial charge in [-0.2, -0.15) is 0 Å². The predicted octanol–water partition coefficient (Wildman–Crippen LogP) is 4.77. The minimum atomic E-state index is -0.897. The maximum absolute atomic E-state index is 13.7. The van der Waals surface area contributed by atoms with E-state index in [1.807, 2.05) is 13.8 Å². The number of carbonyl (C=O) groups excluding carboxylic acids is 2. The molecule has 2 atom stereocenters. The van der Waals surface area contributed by atoms with Crippen LogP contribution in [-0.2, 0) is 19.1 Å². The second-order valence-electron chi connectivity index (χ2n) is 10.3. The lowest BCUT2D eigenvalue weighted by Crippen LogP contribution is -2.40. The smallest absolute Gasteiger partial charge is 0.336 e. The average molecular weight is 498 g/mol. The normalized spacial score (nSPS) is 23.9. The molecule has 0 unspecified atom stereocenters. The van der Waals surface area contributed by atoms with Crippen molar-refractivity contribution in [2.75, 3.05) is 13.2 Å². The van der Waals surface area contributed by atoms with Crippen molar-refractivity contribution in [3.8, 4) is 0 Å². The molecule has 1 fully saturated rings. The molecule has 1 aliphatic carbocycles. The van der Waals surface area contributed by atoms with Gasteiger partial charge >= 0.3 is 5.97 Å². The standard InChI is InChI=1S/C27H28ClNO6/c1-14-22(26(32)35-12-16-5-4-8-33-16)23(24-19(29-14)10-27(2,3)11-20(24)30)18-13-34-21-7-6-15(28)9-17(21)25(18)31/h6-7,9,13,16,23,29H,4-5,8,10-12H2,1-3H3/t16-,23+/m0/s1. The molecule has 1 aromatic carbocycles. The number of hydrogen-bond donors (Lipinski definition) is 1. The van der Waals surface area contributed by atoms with E-state index in [2.05, 4.69) is 5.32 Å². The Balaban J connectivity index is 1.63. The van der Waals surface area contributed by atoms with Gasteiger partial charge in [0.15, 0.2) is 11.2 Å². The zero-order valence-electron chi connectivity index (χ0n) is 20.0. The van der Waals surface area contributed by atoms with Crippen LogP contribution in [0.5, 0.6) is 0 Å². The molecule has 3 aliphatic rings. The Morgan fingerprint density at radius 2 is 2.06 bits per heavy atom. The van der Waals surface area contributed by atoms with Crippen LogP contribution < -0.4 is 10.7 Å². The molecule has 7 nitrogen and oxygen atoms in total. The third-order valence-electron chi connectivity index (χ3n) is 6.96. The van der Waals surface area contributed by atoms with Gasteiger partial charge in [0, 0.05) is 40.6 Å². The Kier molecular flexibility index (Phi) is 6.09. The van der Waals surface area contributed by atoms with Crippen LogP contribution in [0.2, 0.25) is 5.02 Å². The minimum Gasteiger partial charge on any atom is -0.464 e. The van der Waals surface area contributed by atoms with Crippen molar-refractivity contribution in [1.82, 2.24) is 5.32 Å². The monoisotopic (exact) mass is 497 g/mol. The molecule has 1 aromatic heterocycles. The summed E-state index contributed by atoms with van der Waals surface area (Å²) in [6.45, 7) is 6.60. The Morgan fingerprint density at radius 3 is 2.80 bits per heavy atom. The molecule has 0 radical (unpaired) electrons. The fourth-order valence-corrected chi connectivity index (χ4v) is 5.53. The van der Waals surface area contributed by atoms with Gasteiger partial charge < -0.3 is 19.2 Å². The van der Waals surface area contributed by atoms with E-state index in [4.69, 9.17) is 25.5 Å². The van der Waals surface area contributed by atoms with Gasteiger partial charge in [0.05, 0.1) is 29.2 Å². The topological polar surface area (TPSA) is 94.8 Å². The lowest BCUT2D eigenvalue weighted by atomic mass is 9.68. The van der Waals surface area contributed by atoms with E-state index in [1.165, 1.54) is 6.26 Å². The highest BCUT2D eigenvalue weighted by molar-refractivity contribution is 6.31. The van der Waals surface area contributed by atoms with E-state index < -0.39 is 11.9 Å². The first kappa shape index (κ1) is 23.8. The number of fused-ring (bicyclic) bond motifs is 1. The molecule has 184 valence electrons. The maximum Gasteiger partial charge on any atom is 0.336 e. The number of rotatable bonds is 4. The number of benzene rings is 1. The van der Waals surface area contributed by atoms with Crippen LogP contribution in [0, 0.1) is 5.41 Å². The summed E-state index contributed by atoms with van der Waals surface area (Å²) in [5.74, 6) is -1.58. The molecule has 2 aromatic rings. The zero-order chi connectivity index (χ0) is 24.9. The second kappa shape index (κ2) is 8.95. The van der Waals surface area contributed by atoms with Gasteiger partial charge in [-0.1, -0.05) is 25.4 Å². The molecule has 0 spiro atoms. The van der Waals surface area contributed by atoms with E-state index >= 15 is 0 Å². The third kappa shape index (κ3) is 4.43. The third-order valence-corrected chi connectivity index (χ3v) is 7.19. The van der Waals surface area contributed by atoms with Crippen LogP contribution in [-0.4, -0.2) is 31.1 Å². The predicted molar refractivity (Wildman–Crippen MR) is 131 cm³/mol. The first-order valence-electron chi connectivity index (χ1n) is 11.9. The van der Waals surface area contributed by atoms with Gasteiger partial charge in [0.1, 0.15) is 12.2 Å². The number of ether oxygens (including phenoxy) is 2. The second-order valence-corrected chi connectivity index (χ2v) is 10.8. The first-order valence-corrected chi connectivity index (χ1v) is 12.3. The van der Waals surface area contributed by atoms with E-state index in [1.54, 1.807) is 25.1 Å². The quantitative estimate of drug-likeness (QED) is 0.608. The Morgan fingerprint density at radius 1 is 1.26 bits per heavy atom.